The van der Waals surface area contributed by atoms with Gasteiger partial charge in [0.2, 0.25) is 0 Å². The molecule has 4 heteroatoms. The summed E-state index contributed by atoms with van der Waals surface area (Å²) in [5.74, 6) is 2.29. The van der Waals surface area contributed by atoms with Crippen molar-refractivity contribution in [3.63, 3.8) is 0 Å². The minimum absolute atomic E-state index is 0.372. The Bertz CT molecular complexity index is 525. The normalized spacial score (nSPS) is 19.9. The van der Waals surface area contributed by atoms with Crippen molar-refractivity contribution in [2.45, 2.75) is 31.2 Å². The van der Waals surface area contributed by atoms with Gasteiger partial charge in [0.25, 0.3) is 0 Å². The monoisotopic (exact) mass is 290 g/mol. The number of hydrogen-bond donors (Lipinski definition) is 1. The Morgan fingerprint density at radius 2 is 2.32 bits per heavy atom. The highest BCUT2D eigenvalue weighted by Crippen LogP contribution is 2.33. The van der Waals surface area contributed by atoms with Gasteiger partial charge in [-0.05, 0) is 17.5 Å². The van der Waals surface area contributed by atoms with Crippen molar-refractivity contribution < 1.29 is 0 Å². The second-order valence-electron chi connectivity index (χ2n) is 4.76. The van der Waals surface area contributed by atoms with Gasteiger partial charge >= 0.3 is 0 Å². The van der Waals surface area contributed by atoms with Crippen LogP contribution in [-0.2, 0) is 5.75 Å². The Morgan fingerprint density at radius 1 is 1.42 bits per heavy atom. The van der Waals surface area contributed by atoms with E-state index in [9.17, 15) is 0 Å². The van der Waals surface area contributed by atoms with E-state index >= 15 is 0 Å². The molecule has 0 saturated heterocycles. The van der Waals surface area contributed by atoms with E-state index in [0.717, 1.165) is 17.9 Å². The van der Waals surface area contributed by atoms with Gasteiger partial charge in [-0.3, -0.25) is 0 Å². The summed E-state index contributed by atoms with van der Waals surface area (Å²) in [6, 6.07) is 9.62. The summed E-state index contributed by atoms with van der Waals surface area (Å²) in [5.41, 5.74) is 2.95. The average Bonchev–Trinajstić information content (AvgIpc) is 2.99. The summed E-state index contributed by atoms with van der Waals surface area (Å²) in [5, 5.41) is 7.05. The summed E-state index contributed by atoms with van der Waals surface area (Å²) in [6.45, 7) is 2.22. The van der Waals surface area contributed by atoms with Crippen LogP contribution in [0.3, 0.4) is 0 Å². The first-order chi connectivity index (χ1) is 9.38. The Labute approximate surface area is 122 Å². The van der Waals surface area contributed by atoms with Crippen molar-refractivity contribution in [3.05, 3.63) is 52.0 Å². The maximum atomic E-state index is 4.46. The summed E-state index contributed by atoms with van der Waals surface area (Å²) in [4.78, 5) is 4.46. The van der Waals surface area contributed by atoms with Gasteiger partial charge in [-0.2, -0.15) is 11.8 Å². The fourth-order valence-corrected chi connectivity index (χ4v) is 4.43. The van der Waals surface area contributed by atoms with E-state index in [1.807, 2.05) is 18.0 Å². The van der Waals surface area contributed by atoms with Crippen molar-refractivity contribution in [1.82, 2.24) is 10.3 Å². The lowest BCUT2D eigenvalue weighted by Gasteiger charge is -2.29. The number of thiazole rings is 1. The third-order valence-electron chi connectivity index (χ3n) is 3.53. The van der Waals surface area contributed by atoms with Crippen LogP contribution in [0.25, 0.3) is 0 Å². The minimum atomic E-state index is 0.372. The van der Waals surface area contributed by atoms with Crippen molar-refractivity contribution in [3.8, 4) is 0 Å². The molecule has 2 atom stereocenters. The van der Waals surface area contributed by atoms with E-state index in [0.29, 0.717) is 12.1 Å². The first-order valence-corrected chi connectivity index (χ1v) is 8.73. The lowest BCUT2D eigenvalue weighted by molar-refractivity contribution is 0.456. The molecular weight excluding hydrogens is 272 g/mol. The van der Waals surface area contributed by atoms with E-state index in [1.165, 1.54) is 16.1 Å². The minimum Gasteiger partial charge on any atom is -0.300 e. The highest BCUT2D eigenvalue weighted by atomic mass is 32.2. The number of thioether (sulfide) groups is 1. The smallest absolute Gasteiger partial charge is 0.109 e. The number of nitrogens with one attached hydrogen (secondary N) is 1. The Morgan fingerprint density at radius 3 is 3.11 bits per heavy atom. The average molecular weight is 290 g/mol. The highest BCUT2D eigenvalue weighted by Gasteiger charge is 2.23. The molecule has 2 unspecified atom stereocenters. The van der Waals surface area contributed by atoms with Gasteiger partial charge in [0, 0.05) is 29.1 Å². The SMILES string of the molecule is CCC(NC1CSCc2ccccc21)c1nccs1. The molecule has 1 N–H and O–H groups in total. The van der Waals surface area contributed by atoms with E-state index in [4.69, 9.17) is 0 Å². The van der Waals surface area contributed by atoms with Gasteiger partial charge in [0.15, 0.2) is 0 Å². The number of benzene rings is 1. The maximum absolute atomic E-state index is 4.46. The predicted molar refractivity (Wildman–Crippen MR) is 83.6 cm³/mol. The fourth-order valence-electron chi connectivity index (χ4n) is 2.53. The largest absolute Gasteiger partial charge is 0.300 e. The maximum Gasteiger partial charge on any atom is 0.109 e. The Balaban J connectivity index is 1.80. The standard InChI is InChI=1S/C15H18N2S2/c1-2-13(15-16-7-8-19-15)17-14-10-18-9-11-5-3-4-6-12(11)14/h3-8,13-14,17H,2,9-10H2,1H3. The molecule has 19 heavy (non-hydrogen) atoms. The number of aromatic nitrogens is 1. The second kappa shape index (κ2) is 6.07. The number of hydrogen-bond acceptors (Lipinski definition) is 4. The van der Waals surface area contributed by atoms with Crippen molar-refractivity contribution >= 4 is 23.1 Å². The van der Waals surface area contributed by atoms with E-state index < -0.39 is 0 Å². The number of rotatable bonds is 4. The summed E-state index contributed by atoms with van der Waals surface area (Å²) < 4.78 is 0. The molecule has 0 amide bonds. The molecule has 0 spiro atoms. The van der Waals surface area contributed by atoms with E-state index in [-0.39, 0.29) is 0 Å². The lowest BCUT2D eigenvalue weighted by Crippen LogP contribution is -2.30. The van der Waals surface area contributed by atoms with Crippen LogP contribution >= 0.6 is 23.1 Å². The van der Waals surface area contributed by atoms with Gasteiger partial charge < -0.3 is 5.32 Å². The molecule has 2 aromatic rings. The van der Waals surface area contributed by atoms with Gasteiger partial charge in [0.1, 0.15) is 5.01 Å². The zero-order valence-corrected chi connectivity index (χ0v) is 12.6. The summed E-state index contributed by atoms with van der Waals surface area (Å²) >= 11 is 3.76. The molecule has 0 aliphatic carbocycles. The Kier molecular flexibility index (Phi) is 4.21. The van der Waals surface area contributed by atoms with Crippen molar-refractivity contribution in [2.24, 2.45) is 0 Å². The van der Waals surface area contributed by atoms with Crippen LogP contribution in [0, 0.1) is 0 Å². The van der Waals surface area contributed by atoms with E-state index in [1.54, 1.807) is 11.3 Å². The van der Waals surface area contributed by atoms with Gasteiger partial charge in [-0.15, -0.1) is 11.3 Å². The molecule has 1 aromatic carbocycles. The lowest BCUT2D eigenvalue weighted by atomic mass is 10.0. The van der Waals surface area contributed by atoms with Crippen LogP contribution in [-0.4, -0.2) is 10.7 Å². The fraction of sp³-hybridized carbons (Fsp3) is 0.400. The van der Waals surface area contributed by atoms with Crippen LogP contribution in [0.2, 0.25) is 0 Å². The third kappa shape index (κ3) is 2.86. The van der Waals surface area contributed by atoms with Crippen molar-refractivity contribution in [2.75, 3.05) is 5.75 Å². The van der Waals surface area contributed by atoms with Crippen LogP contribution in [0.5, 0.6) is 0 Å². The zero-order valence-electron chi connectivity index (χ0n) is 11.0. The van der Waals surface area contributed by atoms with Crippen molar-refractivity contribution in [1.29, 1.82) is 0 Å². The molecule has 0 radical (unpaired) electrons. The topological polar surface area (TPSA) is 24.9 Å². The molecule has 100 valence electrons. The highest BCUT2D eigenvalue weighted by molar-refractivity contribution is 7.98. The summed E-state index contributed by atoms with van der Waals surface area (Å²) in [6.07, 6.45) is 2.98. The first kappa shape index (κ1) is 13.2. The van der Waals surface area contributed by atoms with Gasteiger partial charge in [-0.1, -0.05) is 31.2 Å². The number of fused-ring (bicyclic) bond motifs is 1. The van der Waals surface area contributed by atoms with Crippen LogP contribution in [0.1, 0.15) is 41.6 Å². The molecular formula is C15H18N2S2. The second-order valence-corrected chi connectivity index (χ2v) is 6.72. The van der Waals surface area contributed by atoms with Crippen LogP contribution in [0.4, 0.5) is 0 Å². The molecule has 1 aliphatic rings. The molecule has 0 saturated carbocycles. The first-order valence-electron chi connectivity index (χ1n) is 6.69. The zero-order chi connectivity index (χ0) is 13.1. The molecule has 3 rings (SSSR count). The number of nitrogens with zero attached hydrogens (tertiary/aromatic N) is 1. The molecule has 2 heterocycles. The van der Waals surface area contributed by atoms with E-state index in [2.05, 4.69) is 46.9 Å². The van der Waals surface area contributed by atoms with Crippen LogP contribution < -0.4 is 5.32 Å². The molecule has 0 fully saturated rings. The van der Waals surface area contributed by atoms with Gasteiger partial charge in [-0.25, -0.2) is 4.98 Å². The quantitative estimate of drug-likeness (QED) is 0.914. The molecule has 1 aromatic heterocycles. The molecule has 0 bridgehead atoms. The molecule has 1 aliphatic heterocycles. The van der Waals surface area contributed by atoms with Gasteiger partial charge in [0.05, 0.1) is 6.04 Å². The summed E-state index contributed by atoms with van der Waals surface area (Å²) in [7, 11) is 0. The third-order valence-corrected chi connectivity index (χ3v) is 5.51. The predicted octanol–water partition coefficient (Wildman–Crippen LogP) is 4.17. The molecule has 2 nitrogen and oxygen atoms in total. The van der Waals surface area contributed by atoms with Crippen LogP contribution in [0.15, 0.2) is 35.8 Å². The Hall–Kier alpha value is -0.840.